The van der Waals surface area contributed by atoms with Crippen LogP contribution in [0.1, 0.15) is 38.8 Å². The Bertz CT molecular complexity index is 468. The molecule has 1 rings (SSSR count). The Morgan fingerprint density at radius 1 is 1.05 bits per heavy atom. The minimum atomic E-state index is -4.28. The summed E-state index contributed by atoms with van der Waals surface area (Å²) in [5, 5.41) is 3.42. The summed E-state index contributed by atoms with van der Waals surface area (Å²) in [5.41, 5.74) is 0.0535. The van der Waals surface area contributed by atoms with E-state index in [0.29, 0.717) is 6.42 Å². The van der Waals surface area contributed by atoms with Crippen LogP contribution < -0.4 is 5.32 Å². The molecule has 0 aliphatic rings. The standard InChI is InChI=1S/C17H24F3N/c1-6-16(5,12-21-15(2,3)4)11-13-7-9-14(10-8-13)17(18,19)20/h6-10,21H,1,11-12H2,2-5H3. The maximum absolute atomic E-state index is 12.5. The molecule has 0 saturated heterocycles. The monoisotopic (exact) mass is 299 g/mol. The summed E-state index contributed by atoms with van der Waals surface area (Å²) in [4.78, 5) is 0. The van der Waals surface area contributed by atoms with E-state index in [2.05, 4.69) is 39.6 Å². The normalized spacial score (nSPS) is 15.6. The molecule has 1 aromatic carbocycles. The molecule has 4 heteroatoms. The number of nitrogens with one attached hydrogen (secondary N) is 1. The van der Waals surface area contributed by atoms with Crippen molar-refractivity contribution in [3.05, 3.63) is 48.0 Å². The molecule has 0 fully saturated rings. The van der Waals surface area contributed by atoms with E-state index in [0.717, 1.165) is 24.2 Å². The Kier molecular flexibility index (Phi) is 5.26. The van der Waals surface area contributed by atoms with E-state index in [1.165, 1.54) is 0 Å². The summed E-state index contributed by atoms with van der Waals surface area (Å²) in [6, 6.07) is 5.36. The van der Waals surface area contributed by atoms with Crippen LogP contribution in [0, 0.1) is 5.41 Å². The molecule has 0 heterocycles. The molecule has 118 valence electrons. The van der Waals surface area contributed by atoms with Crippen LogP contribution in [-0.2, 0) is 12.6 Å². The summed E-state index contributed by atoms with van der Waals surface area (Å²) in [6.45, 7) is 12.9. The molecule has 0 radical (unpaired) electrons. The minimum Gasteiger partial charge on any atom is -0.311 e. The van der Waals surface area contributed by atoms with Crippen molar-refractivity contribution in [1.29, 1.82) is 0 Å². The van der Waals surface area contributed by atoms with Crippen molar-refractivity contribution in [3.8, 4) is 0 Å². The highest BCUT2D eigenvalue weighted by Crippen LogP contribution is 2.30. The van der Waals surface area contributed by atoms with Gasteiger partial charge in [0.15, 0.2) is 0 Å². The Balaban J connectivity index is 2.79. The van der Waals surface area contributed by atoms with Gasteiger partial charge in [0.25, 0.3) is 0 Å². The first kappa shape index (κ1) is 17.8. The van der Waals surface area contributed by atoms with Gasteiger partial charge in [-0.15, -0.1) is 6.58 Å². The summed E-state index contributed by atoms with van der Waals surface area (Å²) in [5.74, 6) is 0. The molecule has 0 bridgehead atoms. The molecule has 0 aliphatic heterocycles. The number of benzene rings is 1. The van der Waals surface area contributed by atoms with Crippen LogP contribution >= 0.6 is 0 Å². The predicted molar refractivity (Wildman–Crippen MR) is 81.2 cm³/mol. The van der Waals surface area contributed by atoms with Gasteiger partial charge in [-0.1, -0.05) is 25.1 Å². The quantitative estimate of drug-likeness (QED) is 0.768. The second-order valence-electron chi connectivity index (χ2n) is 6.83. The van der Waals surface area contributed by atoms with Crippen molar-refractivity contribution in [2.75, 3.05) is 6.54 Å². The van der Waals surface area contributed by atoms with Crippen molar-refractivity contribution in [2.45, 2.75) is 45.8 Å². The van der Waals surface area contributed by atoms with Gasteiger partial charge in [-0.05, 0) is 44.9 Å². The molecule has 1 N–H and O–H groups in total. The number of hydrogen-bond acceptors (Lipinski definition) is 1. The third-order valence-electron chi connectivity index (χ3n) is 3.40. The SMILES string of the molecule is C=CC(C)(CNC(C)(C)C)Cc1ccc(C(F)(F)F)cc1. The van der Waals surface area contributed by atoms with Crippen LogP contribution in [0.2, 0.25) is 0 Å². The smallest absolute Gasteiger partial charge is 0.311 e. The van der Waals surface area contributed by atoms with E-state index >= 15 is 0 Å². The molecule has 1 atom stereocenters. The van der Waals surface area contributed by atoms with Crippen molar-refractivity contribution in [3.63, 3.8) is 0 Å². The van der Waals surface area contributed by atoms with Gasteiger partial charge in [0.2, 0.25) is 0 Å². The molecule has 1 nitrogen and oxygen atoms in total. The number of alkyl halides is 3. The van der Waals surface area contributed by atoms with E-state index in [-0.39, 0.29) is 11.0 Å². The molecule has 0 saturated carbocycles. The van der Waals surface area contributed by atoms with Crippen LogP contribution in [0.5, 0.6) is 0 Å². The first-order valence-electron chi connectivity index (χ1n) is 7.00. The fraction of sp³-hybridized carbons (Fsp3) is 0.529. The van der Waals surface area contributed by atoms with Crippen molar-refractivity contribution in [1.82, 2.24) is 5.32 Å². The molecule has 1 aromatic rings. The van der Waals surface area contributed by atoms with Gasteiger partial charge < -0.3 is 5.32 Å². The lowest BCUT2D eigenvalue weighted by Crippen LogP contribution is -2.43. The summed E-state index contributed by atoms with van der Waals surface area (Å²) in [7, 11) is 0. The average molecular weight is 299 g/mol. The number of halogens is 3. The maximum atomic E-state index is 12.5. The molecule has 0 aromatic heterocycles. The highest BCUT2D eigenvalue weighted by Gasteiger charge is 2.30. The van der Waals surface area contributed by atoms with E-state index in [9.17, 15) is 13.2 Å². The van der Waals surface area contributed by atoms with E-state index in [1.54, 1.807) is 12.1 Å². The van der Waals surface area contributed by atoms with E-state index in [1.807, 2.05) is 6.08 Å². The molecule has 0 spiro atoms. The first-order chi connectivity index (χ1) is 9.45. The molecular formula is C17H24F3N. The van der Waals surface area contributed by atoms with Gasteiger partial charge in [0.1, 0.15) is 0 Å². The molecule has 0 amide bonds. The first-order valence-corrected chi connectivity index (χ1v) is 7.00. The zero-order valence-electron chi connectivity index (χ0n) is 13.1. The van der Waals surface area contributed by atoms with Gasteiger partial charge in [-0.2, -0.15) is 13.2 Å². The van der Waals surface area contributed by atoms with Crippen molar-refractivity contribution < 1.29 is 13.2 Å². The summed E-state index contributed by atoms with van der Waals surface area (Å²) >= 11 is 0. The van der Waals surface area contributed by atoms with Gasteiger partial charge in [-0.25, -0.2) is 0 Å². The minimum absolute atomic E-state index is 0.00951. The Hall–Kier alpha value is -1.29. The zero-order chi connectivity index (χ0) is 16.3. The maximum Gasteiger partial charge on any atom is 0.416 e. The third-order valence-corrected chi connectivity index (χ3v) is 3.40. The Labute approximate surface area is 125 Å². The molecule has 21 heavy (non-hydrogen) atoms. The molecule has 0 aliphatic carbocycles. The van der Waals surface area contributed by atoms with Crippen LogP contribution in [-0.4, -0.2) is 12.1 Å². The molecule has 1 unspecified atom stereocenters. The lowest BCUT2D eigenvalue weighted by atomic mass is 9.83. The summed E-state index contributed by atoms with van der Waals surface area (Å²) in [6.07, 6.45) is -1.77. The van der Waals surface area contributed by atoms with Crippen LogP contribution in [0.4, 0.5) is 13.2 Å². The highest BCUT2D eigenvalue weighted by molar-refractivity contribution is 5.26. The van der Waals surface area contributed by atoms with Crippen LogP contribution in [0.3, 0.4) is 0 Å². The predicted octanol–water partition coefficient (Wildman–Crippen LogP) is 4.83. The van der Waals surface area contributed by atoms with E-state index in [4.69, 9.17) is 0 Å². The van der Waals surface area contributed by atoms with Crippen LogP contribution in [0.15, 0.2) is 36.9 Å². The van der Waals surface area contributed by atoms with Gasteiger partial charge >= 0.3 is 6.18 Å². The van der Waals surface area contributed by atoms with Gasteiger partial charge in [0, 0.05) is 17.5 Å². The largest absolute Gasteiger partial charge is 0.416 e. The van der Waals surface area contributed by atoms with Gasteiger partial charge in [-0.3, -0.25) is 0 Å². The number of hydrogen-bond donors (Lipinski definition) is 1. The number of rotatable bonds is 5. The van der Waals surface area contributed by atoms with Crippen LogP contribution in [0.25, 0.3) is 0 Å². The Morgan fingerprint density at radius 2 is 1.57 bits per heavy atom. The average Bonchev–Trinajstić information content (AvgIpc) is 2.35. The van der Waals surface area contributed by atoms with Crippen molar-refractivity contribution >= 4 is 0 Å². The molecular weight excluding hydrogens is 275 g/mol. The lowest BCUT2D eigenvalue weighted by Gasteiger charge is -2.31. The summed E-state index contributed by atoms with van der Waals surface area (Å²) < 4.78 is 37.6. The highest BCUT2D eigenvalue weighted by atomic mass is 19.4. The van der Waals surface area contributed by atoms with Crippen molar-refractivity contribution in [2.24, 2.45) is 5.41 Å². The fourth-order valence-electron chi connectivity index (χ4n) is 1.95. The fourth-order valence-corrected chi connectivity index (χ4v) is 1.95. The topological polar surface area (TPSA) is 12.0 Å². The lowest BCUT2D eigenvalue weighted by molar-refractivity contribution is -0.137. The second-order valence-corrected chi connectivity index (χ2v) is 6.83. The van der Waals surface area contributed by atoms with Gasteiger partial charge in [0.05, 0.1) is 5.56 Å². The van der Waals surface area contributed by atoms with E-state index < -0.39 is 11.7 Å². The Morgan fingerprint density at radius 3 is 1.95 bits per heavy atom. The zero-order valence-corrected chi connectivity index (χ0v) is 13.1. The second kappa shape index (κ2) is 6.22. The third kappa shape index (κ3) is 5.92.